The summed E-state index contributed by atoms with van der Waals surface area (Å²) in [4.78, 5) is 0.548. The van der Waals surface area contributed by atoms with Crippen LogP contribution in [0.15, 0.2) is 24.3 Å². The molecule has 1 rings (SSSR count). The fourth-order valence-corrected chi connectivity index (χ4v) is 1.88. The maximum absolute atomic E-state index is 5.93. The fraction of sp³-hybridized carbons (Fsp3) is 0.562. The van der Waals surface area contributed by atoms with Crippen LogP contribution in [0.2, 0.25) is 0 Å². The van der Waals surface area contributed by atoms with Gasteiger partial charge in [0, 0.05) is 5.41 Å². The van der Waals surface area contributed by atoms with Crippen molar-refractivity contribution in [1.29, 1.82) is 0 Å². The summed E-state index contributed by atoms with van der Waals surface area (Å²) in [6.07, 6.45) is 1.94. The molecule has 1 aromatic carbocycles. The molecule has 0 fully saturated rings. The largest absolute Gasteiger partial charge is 0.493 e. The molecule has 0 aliphatic rings. The molecular weight excluding hydrogens is 254 g/mol. The third-order valence-electron chi connectivity index (χ3n) is 3.71. The van der Waals surface area contributed by atoms with Crippen molar-refractivity contribution >= 4 is 17.2 Å². The topological polar surface area (TPSA) is 35.2 Å². The Bertz CT molecular complexity index is 429. The molecule has 2 N–H and O–H groups in total. The molecule has 106 valence electrons. The van der Waals surface area contributed by atoms with Crippen LogP contribution >= 0.6 is 12.2 Å². The number of hydrogen-bond donors (Lipinski definition) is 1. The smallest absolute Gasteiger partial charge is 0.122 e. The summed E-state index contributed by atoms with van der Waals surface area (Å²) < 4.78 is 5.93. The van der Waals surface area contributed by atoms with Crippen molar-refractivity contribution in [2.75, 3.05) is 6.61 Å². The number of thiocarbonyl (C=S) groups is 1. The molecule has 1 unspecified atom stereocenters. The molecule has 0 bridgehead atoms. The number of rotatable bonds is 7. The van der Waals surface area contributed by atoms with E-state index in [9.17, 15) is 0 Å². The molecule has 0 heterocycles. The van der Waals surface area contributed by atoms with E-state index in [0.717, 1.165) is 18.6 Å². The molecular formula is C16H25NOS. The van der Waals surface area contributed by atoms with Gasteiger partial charge in [-0.15, -0.1) is 0 Å². The van der Waals surface area contributed by atoms with E-state index >= 15 is 0 Å². The van der Waals surface area contributed by atoms with Crippen LogP contribution in [-0.2, 0) is 0 Å². The van der Waals surface area contributed by atoms with Gasteiger partial charge in [0.1, 0.15) is 5.75 Å². The summed E-state index contributed by atoms with van der Waals surface area (Å²) >= 11 is 5.07. The molecule has 0 saturated carbocycles. The van der Waals surface area contributed by atoms with E-state index in [1.165, 1.54) is 5.56 Å². The standard InChI is InChI=1S/C16H25NOS/c1-5-12(2)13-8-6-7-9-14(13)18-11-10-16(3,4)15(17)19/h6-9,12H,5,10-11H2,1-4H3,(H2,17,19). The molecule has 1 atom stereocenters. The van der Waals surface area contributed by atoms with Crippen molar-refractivity contribution in [1.82, 2.24) is 0 Å². The third kappa shape index (κ3) is 4.50. The lowest BCUT2D eigenvalue weighted by molar-refractivity contribution is 0.267. The van der Waals surface area contributed by atoms with Crippen LogP contribution < -0.4 is 10.5 Å². The van der Waals surface area contributed by atoms with Crippen molar-refractivity contribution in [3.8, 4) is 5.75 Å². The highest BCUT2D eigenvalue weighted by Gasteiger charge is 2.21. The summed E-state index contributed by atoms with van der Waals surface area (Å²) in [6, 6.07) is 8.25. The molecule has 3 heteroatoms. The van der Waals surface area contributed by atoms with Crippen LogP contribution in [0, 0.1) is 5.41 Å². The molecule has 2 nitrogen and oxygen atoms in total. The Morgan fingerprint density at radius 2 is 2.00 bits per heavy atom. The highest BCUT2D eigenvalue weighted by Crippen LogP contribution is 2.29. The minimum absolute atomic E-state index is 0.152. The van der Waals surface area contributed by atoms with Crippen molar-refractivity contribution in [3.05, 3.63) is 29.8 Å². The van der Waals surface area contributed by atoms with Crippen molar-refractivity contribution < 1.29 is 4.74 Å². The number of ether oxygens (including phenoxy) is 1. The van der Waals surface area contributed by atoms with Gasteiger partial charge in [-0.05, 0) is 30.4 Å². The van der Waals surface area contributed by atoms with Crippen LogP contribution in [0.5, 0.6) is 5.75 Å². The molecule has 0 aromatic heterocycles. The molecule has 0 aliphatic carbocycles. The normalized spacial score (nSPS) is 13.1. The van der Waals surface area contributed by atoms with Gasteiger partial charge in [0.05, 0.1) is 11.6 Å². The lowest BCUT2D eigenvalue weighted by Crippen LogP contribution is -2.31. The second-order valence-corrected chi connectivity index (χ2v) is 6.13. The highest BCUT2D eigenvalue weighted by atomic mass is 32.1. The molecule has 0 amide bonds. The van der Waals surface area contributed by atoms with Crippen molar-refractivity contribution in [3.63, 3.8) is 0 Å². The fourth-order valence-electron chi connectivity index (χ4n) is 1.78. The first kappa shape index (κ1) is 16.0. The highest BCUT2D eigenvalue weighted by molar-refractivity contribution is 7.80. The number of nitrogens with two attached hydrogens (primary N) is 1. The Labute approximate surface area is 122 Å². The Balaban J connectivity index is 2.66. The van der Waals surface area contributed by atoms with E-state index in [1.807, 2.05) is 12.1 Å². The van der Waals surface area contributed by atoms with Gasteiger partial charge in [0.15, 0.2) is 0 Å². The number of hydrogen-bond acceptors (Lipinski definition) is 2. The van der Waals surface area contributed by atoms with E-state index in [2.05, 4.69) is 39.8 Å². The molecule has 19 heavy (non-hydrogen) atoms. The summed E-state index contributed by atoms with van der Waals surface area (Å²) in [6.45, 7) is 9.16. The Morgan fingerprint density at radius 1 is 1.37 bits per heavy atom. The predicted molar refractivity (Wildman–Crippen MR) is 85.8 cm³/mol. The van der Waals surface area contributed by atoms with Crippen LogP contribution in [-0.4, -0.2) is 11.6 Å². The second kappa shape index (κ2) is 6.90. The molecule has 0 saturated heterocycles. The summed E-state index contributed by atoms with van der Waals surface area (Å²) in [5.41, 5.74) is 6.85. The zero-order valence-corrected chi connectivity index (χ0v) is 13.2. The molecule has 0 radical (unpaired) electrons. The van der Waals surface area contributed by atoms with E-state index in [4.69, 9.17) is 22.7 Å². The summed E-state index contributed by atoms with van der Waals surface area (Å²) in [7, 11) is 0. The van der Waals surface area contributed by atoms with Gasteiger partial charge >= 0.3 is 0 Å². The quantitative estimate of drug-likeness (QED) is 0.757. The first-order valence-electron chi connectivity index (χ1n) is 6.90. The van der Waals surface area contributed by atoms with Gasteiger partial charge in [-0.1, -0.05) is 58.1 Å². The Morgan fingerprint density at radius 3 is 2.58 bits per heavy atom. The second-order valence-electron chi connectivity index (χ2n) is 5.69. The van der Waals surface area contributed by atoms with E-state index < -0.39 is 0 Å². The molecule has 0 aliphatic heterocycles. The average molecular weight is 279 g/mol. The summed E-state index contributed by atoms with van der Waals surface area (Å²) in [5, 5.41) is 0. The Hall–Kier alpha value is -1.09. The van der Waals surface area contributed by atoms with Gasteiger partial charge in [0.25, 0.3) is 0 Å². The van der Waals surface area contributed by atoms with Crippen LogP contribution in [0.4, 0.5) is 0 Å². The molecule has 1 aromatic rings. The Kier molecular flexibility index (Phi) is 5.80. The predicted octanol–water partition coefficient (Wildman–Crippen LogP) is 4.28. The average Bonchev–Trinajstić information content (AvgIpc) is 2.38. The number of para-hydroxylation sites is 1. The van der Waals surface area contributed by atoms with Crippen molar-refractivity contribution in [2.24, 2.45) is 11.1 Å². The van der Waals surface area contributed by atoms with Crippen LogP contribution in [0.3, 0.4) is 0 Å². The van der Waals surface area contributed by atoms with Gasteiger partial charge in [0.2, 0.25) is 0 Å². The van der Waals surface area contributed by atoms with Crippen LogP contribution in [0.25, 0.3) is 0 Å². The SMILES string of the molecule is CCC(C)c1ccccc1OCCC(C)(C)C(N)=S. The molecule has 0 spiro atoms. The first-order chi connectivity index (χ1) is 8.88. The van der Waals surface area contributed by atoms with Gasteiger partial charge in [-0.2, -0.15) is 0 Å². The van der Waals surface area contributed by atoms with Crippen molar-refractivity contribution in [2.45, 2.75) is 46.5 Å². The third-order valence-corrected chi connectivity index (χ3v) is 4.27. The van der Waals surface area contributed by atoms with Gasteiger partial charge in [-0.3, -0.25) is 0 Å². The first-order valence-corrected chi connectivity index (χ1v) is 7.31. The van der Waals surface area contributed by atoms with Gasteiger partial charge in [-0.25, -0.2) is 0 Å². The lowest BCUT2D eigenvalue weighted by Gasteiger charge is -2.23. The maximum Gasteiger partial charge on any atom is 0.122 e. The monoisotopic (exact) mass is 279 g/mol. The zero-order chi connectivity index (χ0) is 14.5. The van der Waals surface area contributed by atoms with E-state index in [0.29, 0.717) is 17.5 Å². The number of benzene rings is 1. The van der Waals surface area contributed by atoms with Crippen LogP contribution in [0.1, 0.15) is 52.0 Å². The maximum atomic E-state index is 5.93. The van der Waals surface area contributed by atoms with E-state index in [-0.39, 0.29) is 5.41 Å². The minimum atomic E-state index is -0.152. The van der Waals surface area contributed by atoms with E-state index in [1.54, 1.807) is 0 Å². The van der Waals surface area contributed by atoms with Gasteiger partial charge < -0.3 is 10.5 Å². The minimum Gasteiger partial charge on any atom is -0.493 e. The lowest BCUT2D eigenvalue weighted by atomic mass is 9.90. The zero-order valence-electron chi connectivity index (χ0n) is 12.4. The summed E-state index contributed by atoms with van der Waals surface area (Å²) in [5.74, 6) is 1.50.